The van der Waals surface area contributed by atoms with Crippen LogP contribution in [0.3, 0.4) is 0 Å². The zero-order valence-electron chi connectivity index (χ0n) is 16.2. The van der Waals surface area contributed by atoms with Gasteiger partial charge in [0.25, 0.3) is 5.91 Å². The van der Waals surface area contributed by atoms with Crippen molar-refractivity contribution in [2.75, 3.05) is 6.54 Å². The summed E-state index contributed by atoms with van der Waals surface area (Å²) in [5, 5.41) is 11.8. The number of aromatic nitrogens is 1. The highest BCUT2D eigenvalue weighted by Gasteiger charge is 2.27. The summed E-state index contributed by atoms with van der Waals surface area (Å²) in [5.74, 6) is 1.48. The summed E-state index contributed by atoms with van der Waals surface area (Å²) in [4.78, 5) is 19.2. The Morgan fingerprint density at radius 3 is 2.55 bits per heavy atom. The first kappa shape index (κ1) is 19.6. The van der Waals surface area contributed by atoms with E-state index in [4.69, 9.17) is 9.84 Å². The molecule has 150 valence electrons. The number of hydrogen-bond acceptors (Lipinski definition) is 5. The number of carbonyl (C=O) groups excluding carboxylic acids is 1. The van der Waals surface area contributed by atoms with Crippen molar-refractivity contribution in [3.63, 3.8) is 0 Å². The largest absolute Gasteiger partial charge is 0.486 e. The van der Waals surface area contributed by atoms with Crippen LogP contribution in [0, 0.1) is 5.92 Å². The van der Waals surface area contributed by atoms with Gasteiger partial charge in [-0.15, -0.1) is 11.3 Å². The minimum Gasteiger partial charge on any atom is -0.486 e. The molecule has 6 heteroatoms. The molecule has 0 bridgehead atoms. The lowest BCUT2D eigenvalue weighted by molar-refractivity contribution is 0.0735. The minimum absolute atomic E-state index is 0.0513. The number of aliphatic hydroxyl groups excluding tert-OH is 1. The maximum absolute atomic E-state index is 12.9. The summed E-state index contributed by atoms with van der Waals surface area (Å²) >= 11 is 1.48. The smallest absolute Gasteiger partial charge is 0.254 e. The van der Waals surface area contributed by atoms with Crippen LogP contribution >= 0.6 is 11.3 Å². The average Bonchev–Trinajstić information content (AvgIpc) is 3.47. The molecule has 0 saturated heterocycles. The quantitative estimate of drug-likeness (QED) is 0.574. The molecule has 0 spiro atoms. The number of hydrogen-bond donors (Lipinski definition) is 1. The molecule has 0 radical (unpaired) electrons. The Bertz CT molecular complexity index is 936. The molecule has 0 unspecified atom stereocenters. The van der Waals surface area contributed by atoms with Gasteiger partial charge in [-0.05, 0) is 48.6 Å². The van der Waals surface area contributed by atoms with Gasteiger partial charge in [-0.1, -0.05) is 30.3 Å². The van der Waals surface area contributed by atoms with Crippen LogP contribution in [-0.4, -0.2) is 27.4 Å². The number of amides is 1. The third-order valence-electron chi connectivity index (χ3n) is 4.90. The molecular weight excluding hydrogens is 384 g/mol. The number of nitrogens with zero attached hydrogens (tertiary/aromatic N) is 2. The fourth-order valence-corrected chi connectivity index (χ4v) is 3.84. The fourth-order valence-electron chi connectivity index (χ4n) is 3.14. The lowest BCUT2D eigenvalue weighted by Crippen LogP contribution is -2.32. The third-order valence-corrected chi connectivity index (χ3v) is 5.78. The van der Waals surface area contributed by atoms with Gasteiger partial charge in [-0.2, -0.15) is 0 Å². The van der Waals surface area contributed by atoms with Crippen LogP contribution in [0.5, 0.6) is 5.75 Å². The lowest BCUT2D eigenvalue weighted by Gasteiger charge is -2.23. The van der Waals surface area contributed by atoms with Crippen molar-refractivity contribution in [2.24, 2.45) is 5.92 Å². The predicted octanol–water partition coefficient (Wildman–Crippen LogP) is 4.27. The number of rotatable bonds is 9. The van der Waals surface area contributed by atoms with Crippen LogP contribution in [0.1, 0.15) is 39.5 Å². The first-order valence-electron chi connectivity index (χ1n) is 9.81. The first-order valence-corrected chi connectivity index (χ1v) is 10.7. The molecule has 2 aromatic carbocycles. The third kappa shape index (κ3) is 5.43. The maximum Gasteiger partial charge on any atom is 0.254 e. The number of carbonyl (C=O) groups is 1. The summed E-state index contributed by atoms with van der Waals surface area (Å²) < 4.78 is 5.79. The first-order chi connectivity index (χ1) is 14.2. The van der Waals surface area contributed by atoms with Crippen LogP contribution < -0.4 is 4.74 Å². The number of benzene rings is 2. The van der Waals surface area contributed by atoms with Gasteiger partial charge >= 0.3 is 0 Å². The summed E-state index contributed by atoms with van der Waals surface area (Å²) in [5.41, 5.74) is 2.49. The normalized spacial score (nSPS) is 13.3. The molecule has 1 fully saturated rings. The SMILES string of the molecule is O=C(c1ccccc1)N(Cc1ccc(OCc2nc(CO)cs2)cc1)CC1CC1. The van der Waals surface area contributed by atoms with E-state index < -0.39 is 0 Å². The van der Waals surface area contributed by atoms with Crippen LogP contribution in [-0.2, 0) is 19.8 Å². The number of aliphatic hydroxyl groups is 1. The Morgan fingerprint density at radius 1 is 1.14 bits per heavy atom. The second-order valence-corrected chi connectivity index (χ2v) is 8.26. The summed E-state index contributed by atoms with van der Waals surface area (Å²) in [6.07, 6.45) is 2.42. The molecule has 0 atom stereocenters. The monoisotopic (exact) mass is 408 g/mol. The Hall–Kier alpha value is -2.70. The van der Waals surface area contributed by atoms with E-state index in [9.17, 15) is 4.79 Å². The van der Waals surface area contributed by atoms with Gasteiger partial charge in [-0.3, -0.25) is 4.79 Å². The number of ether oxygens (including phenoxy) is 1. The zero-order chi connectivity index (χ0) is 20.1. The minimum atomic E-state index is -0.0513. The molecule has 1 amide bonds. The van der Waals surface area contributed by atoms with Crippen molar-refractivity contribution >= 4 is 17.2 Å². The van der Waals surface area contributed by atoms with Gasteiger partial charge in [0.05, 0.1) is 12.3 Å². The van der Waals surface area contributed by atoms with Crippen molar-refractivity contribution in [1.29, 1.82) is 0 Å². The van der Waals surface area contributed by atoms with E-state index >= 15 is 0 Å². The zero-order valence-corrected chi connectivity index (χ0v) is 17.0. The highest BCUT2D eigenvalue weighted by molar-refractivity contribution is 7.09. The van der Waals surface area contributed by atoms with Crippen molar-refractivity contribution in [2.45, 2.75) is 32.6 Å². The van der Waals surface area contributed by atoms with Gasteiger partial charge in [0, 0.05) is 24.0 Å². The molecule has 1 saturated carbocycles. The highest BCUT2D eigenvalue weighted by Crippen LogP contribution is 2.31. The van der Waals surface area contributed by atoms with Crippen LogP contribution in [0.25, 0.3) is 0 Å². The molecular formula is C23H24N2O3S. The Morgan fingerprint density at radius 2 is 1.90 bits per heavy atom. The van der Waals surface area contributed by atoms with E-state index in [2.05, 4.69) is 4.98 Å². The van der Waals surface area contributed by atoms with Crippen molar-refractivity contribution in [3.8, 4) is 5.75 Å². The molecule has 1 heterocycles. The summed E-state index contributed by atoms with van der Waals surface area (Å²) in [7, 11) is 0. The van der Waals surface area contributed by atoms with E-state index in [0.29, 0.717) is 24.8 Å². The predicted molar refractivity (Wildman–Crippen MR) is 113 cm³/mol. The van der Waals surface area contributed by atoms with Gasteiger partial charge < -0.3 is 14.7 Å². The van der Waals surface area contributed by atoms with Gasteiger partial charge in [0.15, 0.2) is 0 Å². The molecule has 5 nitrogen and oxygen atoms in total. The lowest BCUT2D eigenvalue weighted by atomic mass is 10.1. The number of thiazole rings is 1. The standard InChI is InChI=1S/C23H24N2O3S/c26-14-20-16-29-22(24-20)15-28-21-10-8-18(9-11-21)13-25(12-17-6-7-17)23(27)19-4-2-1-3-5-19/h1-5,8-11,16-17,26H,6-7,12-15H2. The van der Waals surface area contributed by atoms with Crippen molar-refractivity contribution in [3.05, 3.63) is 81.8 Å². The average molecular weight is 409 g/mol. The topological polar surface area (TPSA) is 62.7 Å². The van der Waals surface area contributed by atoms with Crippen LogP contribution in [0.4, 0.5) is 0 Å². The molecule has 1 aliphatic rings. The molecule has 1 aromatic heterocycles. The van der Waals surface area contributed by atoms with Gasteiger partial charge in [0.1, 0.15) is 17.4 Å². The van der Waals surface area contributed by atoms with Gasteiger partial charge in [-0.25, -0.2) is 4.98 Å². The van der Waals surface area contributed by atoms with Crippen LogP contribution in [0.15, 0.2) is 60.0 Å². The second-order valence-electron chi connectivity index (χ2n) is 7.32. The van der Waals surface area contributed by atoms with Crippen LogP contribution in [0.2, 0.25) is 0 Å². The Balaban J connectivity index is 1.38. The van der Waals surface area contributed by atoms with E-state index in [1.165, 1.54) is 24.2 Å². The maximum atomic E-state index is 12.9. The summed E-state index contributed by atoms with van der Waals surface area (Å²) in [6, 6.07) is 17.4. The molecule has 1 N–H and O–H groups in total. The summed E-state index contributed by atoms with van der Waals surface area (Å²) in [6.45, 7) is 1.73. The van der Waals surface area contributed by atoms with E-state index in [-0.39, 0.29) is 12.5 Å². The fraction of sp³-hybridized carbons (Fsp3) is 0.304. The Labute approximate surface area is 174 Å². The van der Waals surface area contributed by atoms with E-state index in [0.717, 1.165) is 28.4 Å². The molecule has 4 rings (SSSR count). The molecule has 0 aliphatic heterocycles. The van der Waals surface area contributed by atoms with Crippen molar-refractivity contribution < 1.29 is 14.6 Å². The molecule has 3 aromatic rings. The van der Waals surface area contributed by atoms with E-state index in [1.54, 1.807) is 0 Å². The van der Waals surface area contributed by atoms with Gasteiger partial charge in [0.2, 0.25) is 0 Å². The van der Waals surface area contributed by atoms with E-state index in [1.807, 2.05) is 64.9 Å². The molecule has 1 aliphatic carbocycles. The second kappa shape index (κ2) is 9.20. The highest BCUT2D eigenvalue weighted by atomic mass is 32.1. The Kier molecular flexibility index (Phi) is 6.22. The van der Waals surface area contributed by atoms with Crippen molar-refractivity contribution in [1.82, 2.24) is 9.88 Å². The molecule has 29 heavy (non-hydrogen) atoms.